The molecule has 1 saturated heterocycles. The van der Waals surface area contributed by atoms with Gasteiger partial charge in [-0.25, -0.2) is 8.78 Å². The van der Waals surface area contributed by atoms with E-state index in [9.17, 15) is 23.5 Å². The third kappa shape index (κ3) is 4.34. The molecule has 3 aliphatic carbocycles. The number of aliphatic hydroxyl groups is 1. The monoisotopic (exact) mass is 501 g/mol. The van der Waals surface area contributed by atoms with Gasteiger partial charge in [-0.15, -0.1) is 0 Å². The zero-order chi connectivity index (χ0) is 25.1. The molecule has 1 aromatic carbocycles. The molecule has 4 atom stereocenters. The van der Waals surface area contributed by atoms with E-state index in [1.165, 1.54) is 18.4 Å². The molecular formula is C28H37F2N3O3. The molecule has 2 amide bonds. The topological polar surface area (TPSA) is 81.7 Å². The molecule has 0 radical (unpaired) electrons. The van der Waals surface area contributed by atoms with Crippen LogP contribution in [0.25, 0.3) is 0 Å². The molecular weight excluding hydrogens is 464 g/mol. The van der Waals surface area contributed by atoms with Crippen molar-refractivity contribution >= 4 is 11.8 Å². The normalized spacial score (nSPS) is 37.6. The van der Waals surface area contributed by atoms with Crippen LogP contribution in [0.5, 0.6) is 0 Å². The number of alkyl halides is 2. The highest BCUT2D eigenvalue weighted by molar-refractivity contribution is 5.98. The first-order valence-electron chi connectivity index (χ1n) is 13.8. The first kappa shape index (κ1) is 24.3. The van der Waals surface area contributed by atoms with Gasteiger partial charge in [0, 0.05) is 42.4 Å². The number of hydrogen-bond donors (Lipinski definition) is 3. The molecule has 2 heterocycles. The van der Waals surface area contributed by atoms with Crippen LogP contribution in [-0.2, 0) is 17.8 Å². The third-order valence-electron chi connectivity index (χ3n) is 9.75. The predicted octanol–water partition coefficient (Wildman–Crippen LogP) is 3.90. The molecule has 6 nitrogen and oxygen atoms in total. The van der Waals surface area contributed by atoms with Crippen molar-refractivity contribution in [3.8, 4) is 0 Å². The SMILES string of the molecule is O=C1CCC(N2Cc3cc(C[C@H]4CCCC[C@@H]4N[C@H]4CC[C@@]5(CC4)CC5(F)F)ccc3C2=O)C(O)N1. The number of carbonyl (C=O) groups is 2. The van der Waals surface area contributed by atoms with Crippen molar-refractivity contribution in [3.63, 3.8) is 0 Å². The Bertz CT molecular complexity index is 1040. The number of nitrogens with zero attached hydrogens (tertiary/aromatic N) is 1. The van der Waals surface area contributed by atoms with Gasteiger partial charge in [0.2, 0.25) is 5.91 Å². The van der Waals surface area contributed by atoms with Gasteiger partial charge in [0.15, 0.2) is 0 Å². The predicted molar refractivity (Wildman–Crippen MR) is 130 cm³/mol. The standard InChI is InChI=1S/C28H37F2N3O3/c29-28(30)16-27(28)11-9-20(10-12-27)31-22-4-2-1-3-18(22)13-17-5-6-21-19(14-17)15-33(26(21)36)23-7-8-24(34)32-25(23)35/h5-6,14,18,20,22-23,25,31,35H,1-4,7-13,15-16H2,(H,32,34)/t18-,20-,22+,23?,25?,27+/m1/s1. The van der Waals surface area contributed by atoms with Gasteiger partial charge in [0.05, 0.1) is 6.04 Å². The Hall–Kier alpha value is -2.06. The van der Waals surface area contributed by atoms with Gasteiger partial charge in [-0.2, -0.15) is 0 Å². The van der Waals surface area contributed by atoms with Crippen molar-refractivity contribution in [2.75, 3.05) is 0 Å². The highest BCUT2D eigenvalue weighted by atomic mass is 19.3. The van der Waals surface area contributed by atoms with Crippen LogP contribution in [0.4, 0.5) is 8.78 Å². The lowest BCUT2D eigenvalue weighted by Gasteiger charge is -2.38. The van der Waals surface area contributed by atoms with E-state index >= 15 is 0 Å². The fraction of sp³-hybridized carbons (Fsp3) is 0.714. The van der Waals surface area contributed by atoms with E-state index < -0.39 is 23.6 Å². The number of hydrogen-bond acceptors (Lipinski definition) is 4. The first-order valence-corrected chi connectivity index (χ1v) is 13.8. The summed E-state index contributed by atoms with van der Waals surface area (Å²) in [6.45, 7) is 0.459. The summed E-state index contributed by atoms with van der Waals surface area (Å²) >= 11 is 0. The van der Waals surface area contributed by atoms with Crippen LogP contribution in [0.1, 0.15) is 92.1 Å². The number of aliphatic hydroxyl groups excluding tert-OH is 1. The zero-order valence-electron chi connectivity index (χ0n) is 20.8. The summed E-state index contributed by atoms with van der Waals surface area (Å²) in [7, 11) is 0. The summed E-state index contributed by atoms with van der Waals surface area (Å²) in [5.41, 5.74) is 2.21. The van der Waals surface area contributed by atoms with E-state index in [-0.39, 0.29) is 18.2 Å². The number of carbonyl (C=O) groups excluding carboxylic acids is 2. The number of nitrogens with one attached hydrogen (secondary N) is 2. The number of fused-ring (bicyclic) bond motifs is 1. The van der Waals surface area contributed by atoms with Gasteiger partial charge in [-0.3, -0.25) is 9.59 Å². The number of piperidine rings is 1. The van der Waals surface area contributed by atoms with E-state index in [2.05, 4.69) is 22.8 Å². The van der Waals surface area contributed by atoms with Crippen molar-refractivity contribution in [2.45, 2.75) is 114 Å². The summed E-state index contributed by atoms with van der Waals surface area (Å²) < 4.78 is 27.5. The maximum atomic E-state index is 13.8. The van der Waals surface area contributed by atoms with Crippen molar-refractivity contribution in [1.29, 1.82) is 0 Å². The van der Waals surface area contributed by atoms with Crippen LogP contribution in [-0.4, -0.2) is 52.1 Å². The van der Waals surface area contributed by atoms with Gasteiger partial charge < -0.3 is 20.6 Å². The first-order chi connectivity index (χ1) is 17.2. The van der Waals surface area contributed by atoms with E-state index in [1.807, 2.05) is 6.07 Å². The molecule has 1 aromatic rings. The Labute approximate surface area is 211 Å². The van der Waals surface area contributed by atoms with Gasteiger partial charge in [-0.05, 0) is 74.5 Å². The highest BCUT2D eigenvalue weighted by Crippen LogP contribution is 2.67. The Morgan fingerprint density at radius 1 is 1.08 bits per heavy atom. The lowest BCUT2D eigenvalue weighted by atomic mass is 9.78. The van der Waals surface area contributed by atoms with Crippen molar-refractivity contribution < 1.29 is 23.5 Å². The Morgan fingerprint density at radius 2 is 1.83 bits per heavy atom. The molecule has 1 spiro atoms. The molecule has 2 aliphatic heterocycles. The van der Waals surface area contributed by atoms with Gasteiger partial charge >= 0.3 is 0 Å². The fourth-order valence-electron chi connectivity index (χ4n) is 7.43. The number of rotatable bonds is 5. The minimum absolute atomic E-state index is 0.0785. The molecule has 0 aromatic heterocycles. The highest BCUT2D eigenvalue weighted by Gasteiger charge is 2.70. The maximum absolute atomic E-state index is 13.8. The van der Waals surface area contributed by atoms with Gasteiger partial charge in [-0.1, -0.05) is 25.0 Å². The van der Waals surface area contributed by atoms with Crippen molar-refractivity contribution in [3.05, 3.63) is 34.9 Å². The summed E-state index contributed by atoms with van der Waals surface area (Å²) in [4.78, 5) is 26.3. The molecule has 4 fully saturated rings. The Morgan fingerprint density at radius 3 is 2.56 bits per heavy atom. The van der Waals surface area contributed by atoms with Crippen LogP contribution < -0.4 is 10.6 Å². The van der Waals surface area contributed by atoms with Crippen LogP contribution in [0.2, 0.25) is 0 Å². The van der Waals surface area contributed by atoms with E-state index in [0.717, 1.165) is 37.7 Å². The van der Waals surface area contributed by atoms with Crippen LogP contribution in [0.15, 0.2) is 18.2 Å². The fourth-order valence-corrected chi connectivity index (χ4v) is 7.43. The summed E-state index contributed by atoms with van der Waals surface area (Å²) in [6.07, 6.45) is 8.47. The molecule has 3 N–H and O–H groups in total. The maximum Gasteiger partial charge on any atom is 0.254 e. The molecule has 0 bridgehead atoms. The lowest BCUT2D eigenvalue weighted by Crippen LogP contribution is -2.55. The summed E-state index contributed by atoms with van der Waals surface area (Å²) in [5, 5.41) is 16.7. The molecule has 36 heavy (non-hydrogen) atoms. The quantitative estimate of drug-likeness (QED) is 0.572. The van der Waals surface area contributed by atoms with Gasteiger partial charge in [0.1, 0.15) is 6.23 Å². The number of amides is 2. The second-order valence-corrected chi connectivity index (χ2v) is 12.0. The van der Waals surface area contributed by atoms with Crippen LogP contribution >= 0.6 is 0 Å². The van der Waals surface area contributed by atoms with Crippen LogP contribution in [0.3, 0.4) is 0 Å². The summed E-state index contributed by atoms with van der Waals surface area (Å²) in [6, 6.07) is 6.47. The Balaban J connectivity index is 1.09. The zero-order valence-corrected chi connectivity index (χ0v) is 20.8. The van der Waals surface area contributed by atoms with Crippen molar-refractivity contribution in [2.24, 2.45) is 11.3 Å². The number of benzene rings is 1. The van der Waals surface area contributed by atoms with Gasteiger partial charge in [0.25, 0.3) is 11.8 Å². The number of halogens is 2. The van der Waals surface area contributed by atoms with E-state index in [0.29, 0.717) is 55.8 Å². The second kappa shape index (κ2) is 9.05. The molecule has 2 unspecified atom stereocenters. The minimum Gasteiger partial charge on any atom is -0.372 e. The largest absolute Gasteiger partial charge is 0.372 e. The second-order valence-electron chi connectivity index (χ2n) is 12.0. The minimum atomic E-state index is -2.43. The van der Waals surface area contributed by atoms with Crippen LogP contribution in [0, 0.1) is 11.3 Å². The molecule has 5 aliphatic rings. The third-order valence-corrected chi connectivity index (χ3v) is 9.75. The molecule has 3 saturated carbocycles. The van der Waals surface area contributed by atoms with E-state index in [4.69, 9.17) is 0 Å². The summed E-state index contributed by atoms with van der Waals surface area (Å²) in [5.74, 6) is -2.19. The molecule has 8 heteroatoms. The van der Waals surface area contributed by atoms with E-state index in [1.54, 1.807) is 4.90 Å². The lowest BCUT2D eigenvalue weighted by molar-refractivity contribution is -0.129. The molecule has 196 valence electrons. The Kier molecular flexibility index (Phi) is 6.10. The van der Waals surface area contributed by atoms with Crippen molar-refractivity contribution in [1.82, 2.24) is 15.5 Å². The average Bonchev–Trinajstić information content (AvgIpc) is 3.22. The molecule has 6 rings (SSSR count). The average molecular weight is 502 g/mol. The smallest absolute Gasteiger partial charge is 0.254 e.